The first-order valence-electron chi connectivity index (χ1n) is 4.11. The fraction of sp³-hybridized carbons (Fsp3) is 0.625. The Bertz CT molecular complexity index is 256. The van der Waals surface area contributed by atoms with E-state index in [9.17, 15) is 0 Å². The molecular weight excluding hydrogens is 220 g/mol. The summed E-state index contributed by atoms with van der Waals surface area (Å²) < 4.78 is 5.93. The average molecular weight is 233 g/mol. The highest BCUT2D eigenvalue weighted by atomic mass is 79.9. The number of aromatic nitrogens is 1. The van der Waals surface area contributed by atoms with Gasteiger partial charge in [-0.25, -0.2) is 0 Å². The second-order valence-corrected chi connectivity index (χ2v) is 3.55. The van der Waals surface area contributed by atoms with E-state index in [1.54, 1.807) is 0 Å². The fourth-order valence-electron chi connectivity index (χ4n) is 1.22. The zero-order valence-corrected chi connectivity index (χ0v) is 8.89. The van der Waals surface area contributed by atoms with E-state index in [-0.39, 0.29) is 0 Å². The minimum atomic E-state index is 0.421. The van der Waals surface area contributed by atoms with E-state index in [0.717, 1.165) is 23.1 Å². The van der Waals surface area contributed by atoms with E-state index < -0.39 is 0 Å². The summed E-state index contributed by atoms with van der Waals surface area (Å²) in [6.45, 7) is 4.25. The number of nitrogens with two attached hydrogens (primary N) is 1. The molecule has 0 aliphatic rings. The highest BCUT2D eigenvalue weighted by Gasteiger charge is 2.18. The van der Waals surface area contributed by atoms with Gasteiger partial charge in [0.1, 0.15) is 4.47 Å². The highest BCUT2D eigenvalue weighted by molar-refractivity contribution is 9.10. The molecule has 0 radical (unpaired) electrons. The van der Waals surface area contributed by atoms with Gasteiger partial charge >= 0.3 is 0 Å². The van der Waals surface area contributed by atoms with Gasteiger partial charge in [-0.1, -0.05) is 19.0 Å². The Kier molecular flexibility index (Phi) is 3.14. The van der Waals surface area contributed by atoms with Gasteiger partial charge in [-0.15, -0.1) is 0 Å². The van der Waals surface area contributed by atoms with Gasteiger partial charge in [0.2, 0.25) is 0 Å². The summed E-state index contributed by atoms with van der Waals surface area (Å²) >= 11 is 3.35. The fourth-order valence-corrected chi connectivity index (χ4v) is 1.69. The van der Waals surface area contributed by atoms with Crippen LogP contribution in [0.1, 0.15) is 38.4 Å². The van der Waals surface area contributed by atoms with Crippen LogP contribution < -0.4 is 5.73 Å². The number of anilines is 1. The van der Waals surface area contributed by atoms with Crippen molar-refractivity contribution in [3.8, 4) is 0 Å². The lowest BCUT2D eigenvalue weighted by Crippen LogP contribution is -1.94. The first-order chi connectivity index (χ1) is 5.70. The van der Waals surface area contributed by atoms with Crippen molar-refractivity contribution in [2.75, 3.05) is 5.73 Å². The molecule has 0 saturated carbocycles. The molecule has 0 atom stereocenters. The molecule has 1 aromatic rings. The summed E-state index contributed by atoms with van der Waals surface area (Å²) in [4.78, 5) is 0. The Balaban J connectivity index is 2.93. The molecule has 0 amide bonds. The molecule has 2 N–H and O–H groups in total. The summed E-state index contributed by atoms with van der Waals surface area (Å²) in [5, 5.41) is 3.69. The maximum atomic E-state index is 5.54. The lowest BCUT2D eigenvalue weighted by Gasteiger charge is -2.07. The maximum absolute atomic E-state index is 5.54. The van der Waals surface area contributed by atoms with Gasteiger partial charge in [0.25, 0.3) is 0 Å². The Morgan fingerprint density at radius 2 is 2.08 bits per heavy atom. The van der Waals surface area contributed by atoms with Gasteiger partial charge < -0.3 is 10.3 Å². The molecule has 0 unspecified atom stereocenters. The van der Waals surface area contributed by atoms with Crippen molar-refractivity contribution in [3.05, 3.63) is 10.2 Å². The Labute approximate surface area is 80.4 Å². The molecule has 1 heterocycles. The van der Waals surface area contributed by atoms with Crippen LogP contribution in [0.15, 0.2) is 9.00 Å². The third-order valence-corrected chi connectivity index (χ3v) is 2.84. The summed E-state index contributed by atoms with van der Waals surface area (Å²) in [5.41, 5.74) is 5.54. The van der Waals surface area contributed by atoms with Gasteiger partial charge in [0.15, 0.2) is 11.6 Å². The molecular formula is C8H13BrN2O. The smallest absolute Gasteiger partial charge is 0.181 e. The Morgan fingerprint density at radius 1 is 1.50 bits per heavy atom. The first-order valence-corrected chi connectivity index (χ1v) is 4.90. The SMILES string of the molecule is CCC(CC)c1onc(N)c1Br. The molecule has 0 aliphatic carbocycles. The Morgan fingerprint density at radius 3 is 2.42 bits per heavy atom. The monoisotopic (exact) mass is 232 g/mol. The number of rotatable bonds is 3. The maximum Gasteiger partial charge on any atom is 0.181 e. The molecule has 0 bridgehead atoms. The van der Waals surface area contributed by atoms with Crippen LogP contribution in [0, 0.1) is 0 Å². The largest absolute Gasteiger partial charge is 0.380 e. The van der Waals surface area contributed by atoms with Gasteiger partial charge in [-0.3, -0.25) is 0 Å². The summed E-state index contributed by atoms with van der Waals surface area (Å²) in [7, 11) is 0. The third-order valence-electron chi connectivity index (χ3n) is 2.04. The minimum Gasteiger partial charge on any atom is -0.380 e. The van der Waals surface area contributed by atoms with Crippen molar-refractivity contribution in [3.63, 3.8) is 0 Å². The molecule has 0 saturated heterocycles. The molecule has 68 valence electrons. The van der Waals surface area contributed by atoms with Crippen LogP contribution in [0.2, 0.25) is 0 Å². The molecule has 0 aliphatic heterocycles. The van der Waals surface area contributed by atoms with Crippen molar-refractivity contribution in [2.24, 2.45) is 0 Å². The molecule has 1 rings (SSSR count). The normalized spacial score (nSPS) is 11.0. The quantitative estimate of drug-likeness (QED) is 0.873. The lowest BCUT2D eigenvalue weighted by atomic mass is 10.0. The number of nitrogens with zero attached hydrogens (tertiary/aromatic N) is 1. The second kappa shape index (κ2) is 3.94. The van der Waals surface area contributed by atoms with E-state index in [4.69, 9.17) is 10.3 Å². The zero-order valence-electron chi connectivity index (χ0n) is 7.30. The standard InChI is InChI=1S/C8H13BrN2O/c1-3-5(4-2)7-6(9)8(10)11-12-7/h5H,3-4H2,1-2H3,(H2,10,11). The van der Waals surface area contributed by atoms with Crippen LogP contribution in [0.25, 0.3) is 0 Å². The van der Waals surface area contributed by atoms with Crippen molar-refractivity contribution in [1.82, 2.24) is 5.16 Å². The van der Waals surface area contributed by atoms with Crippen molar-refractivity contribution >= 4 is 21.7 Å². The summed E-state index contributed by atoms with van der Waals surface area (Å²) in [6.07, 6.45) is 2.09. The van der Waals surface area contributed by atoms with Crippen LogP contribution in [0.4, 0.5) is 5.82 Å². The topological polar surface area (TPSA) is 52.0 Å². The molecule has 1 aromatic heterocycles. The first kappa shape index (κ1) is 9.58. The molecule has 0 fully saturated rings. The van der Waals surface area contributed by atoms with E-state index in [1.807, 2.05) is 0 Å². The zero-order chi connectivity index (χ0) is 9.14. The lowest BCUT2D eigenvalue weighted by molar-refractivity contribution is 0.354. The molecule has 0 spiro atoms. The average Bonchev–Trinajstić information content (AvgIpc) is 2.38. The molecule has 3 nitrogen and oxygen atoms in total. The van der Waals surface area contributed by atoms with E-state index >= 15 is 0 Å². The van der Waals surface area contributed by atoms with Crippen LogP contribution in [0.5, 0.6) is 0 Å². The van der Waals surface area contributed by atoms with Gasteiger partial charge in [0.05, 0.1) is 0 Å². The highest BCUT2D eigenvalue weighted by Crippen LogP contribution is 2.32. The number of halogens is 1. The van der Waals surface area contributed by atoms with Crippen molar-refractivity contribution in [1.29, 1.82) is 0 Å². The predicted octanol–water partition coefficient (Wildman–Crippen LogP) is 2.92. The third kappa shape index (κ3) is 1.63. The summed E-state index contributed by atoms with van der Waals surface area (Å²) in [5.74, 6) is 1.73. The minimum absolute atomic E-state index is 0.421. The van der Waals surface area contributed by atoms with E-state index in [0.29, 0.717) is 11.7 Å². The molecule has 0 aromatic carbocycles. The van der Waals surface area contributed by atoms with E-state index in [1.165, 1.54) is 0 Å². The van der Waals surface area contributed by atoms with Crippen LogP contribution in [0.3, 0.4) is 0 Å². The van der Waals surface area contributed by atoms with Crippen LogP contribution in [-0.2, 0) is 0 Å². The second-order valence-electron chi connectivity index (χ2n) is 2.76. The molecule has 4 heteroatoms. The predicted molar refractivity (Wildman–Crippen MR) is 51.9 cm³/mol. The van der Waals surface area contributed by atoms with E-state index in [2.05, 4.69) is 34.9 Å². The van der Waals surface area contributed by atoms with Gasteiger partial charge in [-0.2, -0.15) is 0 Å². The van der Waals surface area contributed by atoms with Crippen molar-refractivity contribution in [2.45, 2.75) is 32.6 Å². The van der Waals surface area contributed by atoms with Crippen molar-refractivity contribution < 1.29 is 4.52 Å². The van der Waals surface area contributed by atoms with Crippen LogP contribution in [-0.4, -0.2) is 5.16 Å². The van der Waals surface area contributed by atoms with Crippen LogP contribution >= 0.6 is 15.9 Å². The number of hydrogen-bond acceptors (Lipinski definition) is 3. The Hall–Kier alpha value is -0.510. The van der Waals surface area contributed by atoms with Gasteiger partial charge in [0, 0.05) is 5.92 Å². The number of nitrogen functional groups attached to an aromatic ring is 1. The molecule has 12 heavy (non-hydrogen) atoms. The summed E-state index contributed by atoms with van der Waals surface area (Å²) in [6, 6.07) is 0. The number of hydrogen-bond donors (Lipinski definition) is 1. The van der Waals surface area contributed by atoms with Gasteiger partial charge in [-0.05, 0) is 28.8 Å².